The predicted octanol–water partition coefficient (Wildman–Crippen LogP) is 2.59. The van der Waals surface area contributed by atoms with Crippen LogP contribution in [0.25, 0.3) is 0 Å². The first-order valence-electron chi connectivity index (χ1n) is 7.37. The molecule has 0 heterocycles. The summed E-state index contributed by atoms with van der Waals surface area (Å²) in [6.45, 7) is 2.07. The fraction of sp³-hybridized carbons (Fsp3) is 0.500. The maximum atomic E-state index is 11.9. The molecule has 1 aromatic carbocycles. The average molecular weight is 274 g/mol. The summed E-state index contributed by atoms with van der Waals surface area (Å²) in [6, 6.07) is 7.40. The number of hydrogen-bond acceptors (Lipinski definition) is 2. The zero-order valence-electron chi connectivity index (χ0n) is 11.9. The molecule has 2 N–H and O–H groups in total. The topological polar surface area (TPSA) is 58.2 Å². The zero-order chi connectivity index (χ0) is 14.4. The van der Waals surface area contributed by atoms with Gasteiger partial charge in [-0.05, 0) is 42.9 Å². The van der Waals surface area contributed by atoms with Gasteiger partial charge < -0.3 is 0 Å². The van der Waals surface area contributed by atoms with E-state index >= 15 is 0 Å². The van der Waals surface area contributed by atoms with E-state index in [1.54, 1.807) is 12.1 Å². The lowest BCUT2D eigenvalue weighted by Gasteiger charge is -2.10. The van der Waals surface area contributed by atoms with Gasteiger partial charge in [0.2, 0.25) is 5.91 Å². The van der Waals surface area contributed by atoms with E-state index in [-0.39, 0.29) is 11.8 Å². The van der Waals surface area contributed by atoms with E-state index in [0.717, 1.165) is 19.3 Å². The van der Waals surface area contributed by atoms with Gasteiger partial charge in [-0.15, -0.1) is 0 Å². The highest BCUT2D eigenvalue weighted by Gasteiger charge is 2.18. The molecule has 1 saturated carbocycles. The summed E-state index contributed by atoms with van der Waals surface area (Å²) < 4.78 is 0. The van der Waals surface area contributed by atoms with Gasteiger partial charge >= 0.3 is 0 Å². The standard InChI is InChI=1S/C16H22N2O2/c1-2-12-7-9-14(10-8-12)16(20)18-17-15(19)11-13-5-3-4-6-13/h7-10,13H,2-6,11H2,1H3,(H,17,19)(H,18,20). The number of amides is 2. The smallest absolute Gasteiger partial charge is 0.269 e. The van der Waals surface area contributed by atoms with Crippen LogP contribution in [0.2, 0.25) is 0 Å². The molecule has 0 atom stereocenters. The van der Waals surface area contributed by atoms with Gasteiger partial charge in [0.15, 0.2) is 0 Å². The normalized spacial score (nSPS) is 15.1. The third kappa shape index (κ3) is 4.08. The van der Waals surface area contributed by atoms with Crippen molar-refractivity contribution in [3.8, 4) is 0 Å². The molecule has 2 rings (SSSR count). The number of rotatable bonds is 4. The fourth-order valence-electron chi connectivity index (χ4n) is 2.62. The summed E-state index contributed by atoms with van der Waals surface area (Å²) in [5, 5.41) is 0. The van der Waals surface area contributed by atoms with Crippen molar-refractivity contribution in [2.24, 2.45) is 5.92 Å². The highest BCUT2D eigenvalue weighted by atomic mass is 16.2. The molecule has 0 bridgehead atoms. The van der Waals surface area contributed by atoms with Crippen LogP contribution in [-0.4, -0.2) is 11.8 Å². The van der Waals surface area contributed by atoms with Crippen LogP contribution in [-0.2, 0) is 11.2 Å². The maximum absolute atomic E-state index is 11.9. The number of benzene rings is 1. The van der Waals surface area contributed by atoms with Gasteiger partial charge in [-0.1, -0.05) is 31.9 Å². The van der Waals surface area contributed by atoms with E-state index in [1.807, 2.05) is 12.1 Å². The number of hydrogen-bond donors (Lipinski definition) is 2. The number of carbonyl (C=O) groups excluding carboxylic acids is 2. The van der Waals surface area contributed by atoms with Gasteiger partial charge in [-0.2, -0.15) is 0 Å². The Morgan fingerprint density at radius 2 is 1.75 bits per heavy atom. The van der Waals surface area contributed by atoms with Crippen molar-refractivity contribution in [2.45, 2.75) is 45.4 Å². The number of aryl methyl sites for hydroxylation is 1. The molecule has 1 fully saturated rings. The lowest BCUT2D eigenvalue weighted by Crippen LogP contribution is -2.42. The average Bonchev–Trinajstić information content (AvgIpc) is 2.97. The first-order valence-corrected chi connectivity index (χ1v) is 7.37. The van der Waals surface area contributed by atoms with E-state index in [4.69, 9.17) is 0 Å². The van der Waals surface area contributed by atoms with Gasteiger partial charge in [0.05, 0.1) is 0 Å². The van der Waals surface area contributed by atoms with Crippen LogP contribution in [0, 0.1) is 5.92 Å². The Bertz CT molecular complexity index is 462. The number of carbonyl (C=O) groups is 2. The van der Waals surface area contributed by atoms with E-state index in [1.165, 1.54) is 18.4 Å². The van der Waals surface area contributed by atoms with E-state index < -0.39 is 0 Å². The molecule has 0 unspecified atom stereocenters. The van der Waals surface area contributed by atoms with Crippen LogP contribution in [0.1, 0.15) is 54.9 Å². The SMILES string of the molecule is CCc1ccc(C(=O)NNC(=O)CC2CCCC2)cc1. The van der Waals surface area contributed by atoms with Crippen molar-refractivity contribution in [2.75, 3.05) is 0 Å². The molecule has 0 saturated heterocycles. The summed E-state index contributed by atoms with van der Waals surface area (Å²) in [5.41, 5.74) is 6.72. The van der Waals surface area contributed by atoms with Crippen molar-refractivity contribution < 1.29 is 9.59 Å². The third-order valence-corrected chi connectivity index (χ3v) is 3.89. The molecular weight excluding hydrogens is 252 g/mol. The lowest BCUT2D eigenvalue weighted by molar-refractivity contribution is -0.122. The maximum Gasteiger partial charge on any atom is 0.269 e. The summed E-state index contributed by atoms with van der Waals surface area (Å²) in [4.78, 5) is 23.6. The van der Waals surface area contributed by atoms with Crippen molar-refractivity contribution in [3.63, 3.8) is 0 Å². The van der Waals surface area contributed by atoms with Crippen molar-refractivity contribution in [3.05, 3.63) is 35.4 Å². The molecule has 0 aromatic heterocycles. The Kier molecular flexibility index (Phi) is 5.16. The van der Waals surface area contributed by atoms with Crippen LogP contribution < -0.4 is 10.9 Å². The molecule has 0 radical (unpaired) electrons. The molecule has 1 aliphatic rings. The monoisotopic (exact) mass is 274 g/mol. The lowest BCUT2D eigenvalue weighted by atomic mass is 10.0. The van der Waals surface area contributed by atoms with Gasteiger partial charge in [0.25, 0.3) is 5.91 Å². The van der Waals surface area contributed by atoms with Crippen molar-refractivity contribution in [1.29, 1.82) is 0 Å². The molecule has 2 amide bonds. The molecule has 4 nitrogen and oxygen atoms in total. The molecule has 1 aliphatic carbocycles. The van der Waals surface area contributed by atoms with Gasteiger partial charge in [0.1, 0.15) is 0 Å². The third-order valence-electron chi connectivity index (χ3n) is 3.89. The van der Waals surface area contributed by atoms with Crippen LogP contribution in [0.3, 0.4) is 0 Å². The number of nitrogens with one attached hydrogen (secondary N) is 2. The minimum absolute atomic E-state index is 0.101. The van der Waals surface area contributed by atoms with E-state index in [2.05, 4.69) is 17.8 Å². The Morgan fingerprint density at radius 3 is 2.35 bits per heavy atom. The quantitative estimate of drug-likeness (QED) is 0.829. The minimum Gasteiger partial charge on any atom is -0.273 e. The second-order valence-corrected chi connectivity index (χ2v) is 5.41. The van der Waals surface area contributed by atoms with E-state index in [0.29, 0.717) is 17.9 Å². The molecule has 0 spiro atoms. The summed E-state index contributed by atoms with van der Waals surface area (Å²) in [6.07, 6.45) is 6.14. The van der Waals surface area contributed by atoms with Crippen molar-refractivity contribution in [1.82, 2.24) is 10.9 Å². The Balaban J connectivity index is 1.77. The highest BCUT2D eigenvalue weighted by Crippen LogP contribution is 2.27. The molecule has 20 heavy (non-hydrogen) atoms. The molecule has 1 aromatic rings. The van der Waals surface area contributed by atoms with Crippen LogP contribution in [0.15, 0.2) is 24.3 Å². The Morgan fingerprint density at radius 1 is 1.10 bits per heavy atom. The van der Waals surface area contributed by atoms with Gasteiger partial charge in [-0.3, -0.25) is 20.4 Å². The first kappa shape index (κ1) is 14.6. The number of hydrazine groups is 1. The molecule has 108 valence electrons. The summed E-state index contributed by atoms with van der Waals surface area (Å²) in [5.74, 6) is 0.110. The molecular formula is C16H22N2O2. The zero-order valence-corrected chi connectivity index (χ0v) is 11.9. The van der Waals surface area contributed by atoms with Gasteiger partial charge in [0, 0.05) is 12.0 Å². The molecule has 0 aliphatic heterocycles. The fourth-order valence-corrected chi connectivity index (χ4v) is 2.62. The van der Waals surface area contributed by atoms with Crippen LogP contribution >= 0.6 is 0 Å². The van der Waals surface area contributed by atoms with Crippen molar-refractivity contribution >= 4 is 11.8 Å². The summed E-state index contributed by atoms with van der Waals surface area (Å²) >= 11 is 0. The predicted molar refractivity (Wildman–Crippen MR) is 78.0 cm³/mol. The van der Waals surface area contributed by atoms with Crippen LogP contribution in [0.5, 0.6) is 0 Å². The van der Waals surface area contributed by atoms with E-state index in [9.17, 15) is 9.59 Å². The second kappa shape index (κ2) is 7.08. The first-order chi connectivity index (χ1) is 9.69. The second-order valence-electron chi connectivity index (χ2n) is 5.41. The highest BCUT2D eigenvalue weighted by molar-refractivity contribution is 5.95. The Hall–Kier alpha value is -1.84. The minimum atomic E-state index is -0.271. The molecule has 4 heteroatoms. The largest absolute Gasteiger partial charge is 0.273 e. The van der Waals surface area contributed by atoms with Crippen LogP contribution in [0.4, 0.5) is 0 Å². The Labute approximate surface area is 119 Å². The van der Waals surface area contributed by atoms with Gasteiger partial charge in [-0.25, -0.2) is 0 Å². The summed E-state index contributed by atoms with van der Waals surface area (Å²) in [7, 11) is 0.